The van der Waals surface area contributed by atoms with Crippen LogP contribution in [0.15, 0.2) is 0 Å². The molecule has 3 amide bonds. The molecule has 1 saturated heterocycles. The average molecular weight is 298 g/mol. The van der Waals surface area contributed by atoms with E-state index in [4.69, 9.17) is 5.73 Å². The van der Waals surface area contributed by atoms with Crippen LogP contribution >= 0.6 is 0 Å². The Balaban J connectivity index is 2.52. The molecule has 0 spiro atoms. The third-order valence-corrected chi connectivity index (χ3v) is 4.44. The van der Waals surface area contributed by atoms with Crippen molar-refractivity contribution in [3.8, 4) is 0 Å². The normalized spacial score (nSPS) is 18.3. The number of carbonyl (C=O) groups is 2. The van der Waals surface area contributed by atoms with Crippen molar-refractivity contribution in [1.29, 1.82) is 0 Å². The fraction of sp³-hybridized carbons (Fsp3) is 0.867. The molecule has 0 aliphatic carbocycles. The molecule has 0 saturated carbocycles. The van der Waals surface area contributed by atoms with Crippen molar-refractivity contribution in [2.24, 2.45) is 11.7 Å². The summed E-state index contributed by atoms with van der Waals surface area (Å²) in [5, 5.41) is 0. The van der Waals surface area contributed by atoms with Crippen LogP contribution in [0, 0.1) is 5.92 Å². The van der Waals surface area contributed by atoms with Gasteiger partial charge in [-0.25, -0.2) is 4.79 Å². The Hall–Kier alpha value is -1.30. The van der Waals surface area contributed by atoms with E-state index in [2.05, 4.69) is 0 Å². The Labute approximate surface area is 128 Å². The summed E-state index contributed by atoms with van der Waals surface area (Å²) < 4.78 is 0. The van der Waals surface area contributed by atoms with Crippen molar-refractivity contribution in [1.82, 2.24) is 14.7 Å². The molecule has 6 heteroatoms. The Kier molecular flexibility index (Phi) is 6.95. The lowest BCUT2D eigenvalue weighted by molar-refractivity contribution is -0.135. The van der Waals surface area contributed by atoms with Gasteiger partial charge >= 0.3 is 6.03 Å². The topological polar surface area (TPSA) is 69.9 Å². The maximum Gasteiger partial charge on any atom is 0.320 e. The molecule has 0 aromatic carbocycles. The van der Waals surface area contributed by atoms with E-state index in [0.29, 0.717) is 39.3 Å². The van der Waals surface area contributed by atoms with Gasteiger partial charge in [-0.05, 0) is 19.8 Å². The third kappa shape index (κ3) is 4.33. The van der Waals surface area contributed by atoms with E-state index in [9.17, 15) is 9.59 Å². The minimum atomic E-state index is -0.431. The van der Waals surface area contributed by atoms with Crippen LogP contribution in [0.1, 0.15) is 34.1 Å². The van der Waals surface area contributed by atoms with Crippen molar-refractivity contribution in [3.63, 3.8) is 0 Å². The molecule has 0 aromatic heterocycles. The SMILES string of the molecule is CCC(C)C(N)C(=O)N1CCN(C(=O)N(CC)CC)CC1. The maximum absolute atomic E-state index is 12.3. The summed E-state index contributed by atoms with van der Waals surface area (Å²) in [6, 6.07) is -0.363. The molecule has 1 heterocycles. The molecule has 21 heavy (non-hydrogen) atoms. The first-order valence-corrected chi connectivity index (χ1v) is 8.04. The van der Waals surface area contributed by atoms with Crippen LogP contribution < -0.4 is 5.73 Å². The van der Waals surface area contributed by atoms with Gasteiger partial charge in [0.15, 0.2) is 0 Å². The van der Waals surface area contributed by atoms with Gasteiger partial charge in [-0.1, -0.05) is 20.3 Å². The van der Waals surface area contributed by atoms with E-state index in [1.54, 1.807) is 4.90 Å². The Bertz CT molecular complexity index is 350. The van der Waals surface area contributed by atoms with E-state index in [-0.39, 0.29) is 17.9 Å². The number of nitrogens with zero attached hydrogens (tertiary/aromatic N) is 3. The standard InChI is InChI=1S/C15H30N4O2/c1-5-12(4)13(16)14(20)18-8-10-19(11-9-18)15(21)17(6-2)7-3/h12-13H,5-11,16H2,1-4H3. The molecule has 0 bridgehead atoms. The highest BCUT2D eigenvalue weighted by atomic mass is 16.2. The molecule has 0 aromatic rings. The Morgan fingerprint density at radius 3 is 1.95 bits per heavy atom. The van der Waals surface area contributed by atoms with Gasteiger partial charge < -0.3 is 20.4 Å². The van der Waals surface area contributed by atoms with Crippen LogP contribution in [-0.4, -0.2) is 71.9 Å². The van der Waals surface area contributed by atoms with Crippen LogP contribution in [0.4, 0.5) is 4.79 Å². The van der Waals surface area contributed by atoms with Crippen LogP contribution in [0.3, 0.4) is 0 Å². The van der Waals surface area contributed by atoms with Gasteiger partial charge in [-0.2, -0.15) is 0 Å². The summed E-state index contributed by atoms with van der Waals surface area (Å²) in [7, 11) is 0. The number of amides is 3. The second-order valence-electron chi connectivity index (χ2n) is 5.68. The van der Waals surface area contributed by atoms with Crippen LogP contribution in [0.5, 0.6) is 0 Å². The maximum atomic E-state index is 12.3. The third-order valence-electron chi connectivity index (χ3n) is 4.44. The number of rotatable bonds is 5. The summed E-state index contributed by atoms with van der Waals surface area (Å²) in [5.74, 6) is 0.201. The Morgan fingerprint density at radius 2 is 1.52 bits per heavy atom. The van der Waals surface area contributed by atoms with Gasteiger partial charge in [-0.3, -0.25) is 4.79 Å². The molecule has 2 N–H and O–H groups in total. The smallest absolute Gasteiger partial charge is 0.320 e. The first-order valence-electron chi connectivity index (χ1n) is 8.04. The summed E-state index contributed by atoms with van der Waals surface area (Å²) in [4.78, 5) is 30.0. The zero-order valence-electron chi connectivity index (χ0n) is 13.8. The molecule has 2 unspecified atom stereocenters. The molecule has 6 nitrogen and oxygen atoms in total. The molecule has 0 radical (unpaired) electrons. The van der Waals surface area contributed by atoms with Crippen LogP contribution in [-0.2, 0) is 4.79 Å². The largest absolute Gasteiger partial charge is 0.338 e. The van der Waals surface area contributed by atoms with E-state index in [1.807, 2.05) is 37.5 Å². The van der Waals surface area contributed by atoms with Crippen molar-refractivity contribution < 1.29 is 9.59 Å². The van der Waals surface area contributed by atoms with Gasteiger partial charge in [0, 0.05) is 39.3 Å². The lowest BCUT2D eigenvalue weighted by Crippen LogP contribution is -2.57. The predicted molar refractivity (Wildman–Crippen MR) is 83.9 cm³/mol. The number of hydrogen-bond acceptors (Lipinski definition) is 3. The second-order valence-corrected chi connectivity index (χ2v) is 5.68. The average Bonchev–Trinajstić information content (AvgIpc) is 2.53. The molecular formula is C15H30N4O2. The monoisotopic (exact) mass is 298 g/mol. The molecule has 1 aliphatic heterocycles. The Morgan fingerprint density at radius 1 is 1.05 bits per heavy atom. The minimum Gasteiger partial charge on any atom is -0.338 e. The quantitative estimate of drug-likeness (QED) is 0.822. The highest BCUT2D eigenvalue weighted by Gasteiger charge is 2.30. The molecule has 122 valence electrons. The van der Waals surface area contributed by atoms with E-state index in [0.717, 1.165) is 6.42 Å². The van der Waals surface area contributed by atoms with Crippen molar-refractivity contribution in [2.45, 2.75) is 40.2 Å². The molecular weight excluding hydrogens is 268 g/mol. The first kappa shape index (κ1) is 17.8. The molecule has 2 atom stereocenters. The summed E-state index contributed by atoms with van der Waals surface area (Å²) in [6.07, 6.45) is 0.896. The van der Waals surface area contributed by atoms with Crippen LogP contribution in [0.25, 0.3) is 0 Å². The molecule has 1 fully saturated rings. The fourth-order valence-corrected chi connectivity index (χ4v) is 2.52. The van der Waals surface area contributed by atoms with Gasteiger partial charge in [0.25, 0.3) is 0 Å². The number of hydrogen-bond donors (Lipinski definition) is 1. The van der Waals surface area contributed by atoms with Gasteiger partial charge in [0.2, 0.25) is 5.91 Å². The van der Waals surface area contributed by atoms with E-state index >= 15 is 0 Å². The van der Waals surface area contributed by atoms with Gasteiger partial charge in [-0.15, -0.1) is 0 Å². The van der Waals surface area contributed by atoms with Gasteiger partial charge in [0.1, 0.15) is 0 Å². The van der Waals surface area contributed by atoms with Crippen LogP contribution in [0.2, 0.25) is 0 Å². The number of piperazine rings is 1. The first-order chi connectivity index (χ1) is 9.96. The second kappa shape index (κ2) is 8.22. The van der Waals surface area contributed by atoms with E-state index in [1.165, 1.54) is 0 Å². The van der Waals surface area contributed by atoms with E-state index < -0.39 is 6.04 Å². The van der Waals surface area contributed by atoms with Crippen molar-refractivity contribution in [3.05, 3.63) is 0 Å². The summed E-state index contributed by atoms with van der Waals surface area (Å²) in [6.45, 7) is 11.8. The summed E-state index contributed by atoms with van der Waals surface area (Å²) in [5.41, 5.74) is 6.01. The summed E-state index contributed by atoms with van der Waals surface area (Å²) >= 11 is 0. The lowest BCUT2D eigenvalue weighted by Gasteiger charge is -2.38. The van der Waals surface area contributed by atoms with Crippen molar-refractivity contribution in [2.75, 3.05) is 39.3 Å². The molecule has 1 rings (SSSR count). The van der Waals surface area contributed by atoms with Crippen molar-refractivity contribution >= 4 is 11.9 Å². The number of carbonyl (C=O) groups excluding carboxylic acids is 2. The minimum absolute atomic E-state index is 0.0132. The molecule has 1 aliphatic rings. The number of urea groups is 1. The zero-order chi connectivity index (χ0) is 16.0. The predicted octanol–water partition coefficient (Wildman–Crippen LogP) is 0.966. The zero-order valence-corrected chi connectivity index (χ0v) is 13.8. The number of nitrogens with two attached hydrogens (primary N) is 1. The highest BCUT2D eigenvalue weighted by molar-refractivity contribution is 5.82. The highest BCUT2D eigenvalue weighted by Crippen LogP contribution is 2.12. The fourth-order valence-electron chi connectivity index (χ4n) is 2.52. The lowest BCUT2D eigenvalue weighted by atomic mass is 9.98. The van der Waals surface area contributed by atoms with Gasteiger partial charge in [0.05, 0.1) is 6.04 Å².